The van der Waals surface area contributed by atoms with Crippen LogP contribution in [0.4, 0.5) is 0 Å². The Bertz CT molecular complexity index is 434. The van der Waals surface area contributed by atoms with Crippen molar-refractivity contribution in [1.82, 2.24) is 0 Å². The molecule has 0 aliphatic carbocycles. The van der Waals surface area contributed by atoms with E-state index in [1.54, 1.807) is 7.11 Å². The highest BCUT2D eigenvalue weighted by atomic mass is 16.5. The summed E-state index contributed by atoms with van der Waals surface area (Å²) in [6.07, 6.45) is 1.38. The lowest BCUT2D eigenvalue weighted by atomic mass is 10.1. The van der Waals surface area contributed by atoms with Gasteiger partial charge in [-0.05, 0) is 24.1 Å². The highest BCUT2D eigenvalue weighted by molar-refractivity contribution is 5.36. The summed E-state index contributed by atoms with van der Waals surface area (Å²) < 4.78 is 15.9. The first-order chi connectivity index (χ1) is 10.4. The fraction of sp³-hybridized carbons (Fsp3) is 0.529. The molecule has 1 aromatic rings. The number of aliphatic hydroxyl groups is 1. The lowest BCUT2D eigenvalue weighted by Gasteiger charge is -2.06. The van der Waals surface area contributed by atoms with Crippen molar-refractivity contribution >= 4 is 0 Å². The summed E-state index contributed by atoms with van der Waals surface area (Å²) in [7, 11) is 1.66. The van der Waals surface area contributed by atoms with Crippen molar-refractivity contribution in [2.75, 3.05) is 40.1 Å². The molecule has 0 bridgehead atoms. The molecule has 116 valence electrons. The Morgan fingerprint density at radius 1 is 1.10 bits per heavy atom. The molecular formula is C17H24O4. The van der Waals surface area contributed by atoms with Crippen molar-refractivity contribution in [2.45, 2.75) is 19.4 Å². The molecule has 1 N–H and O–H groups in total. The van der Waals surface area contributed by atoms with Crippen LogP contribution < -0.4 is 0 Å². The van der Waals surface area contributed by atoms with Crippen LogP contribution in [-0.2, 0) is 20.8 Å². The minimum atomic E-state index is 0.0995. The second-order valence-corrected chi connectivity index (χ2v) is 4.49. The van der Waals surface area contributed by atoms with Gasteiger partial charge in [-0.25, -0.2) is 0 Å². The van der Waals surface area contributed by atoms with Gasteiger partial charge in [0.2, 0.25) is 0 Å². The van der Waals surface area contributed by atoms with Crippen molar-refractivity contribution in [1.29, 1.82) is 0 Å². The van der Waals surface area contributed by atoms with Gasteiger partial charge < -0.3 is 19.3 Å². The van der Waals surface area contributed by atoms with E-state index < -0.39 is 0 Å². The molecule has 0 aliphatic heterocycles. The van der Waals surface area contributed by atoms with Gasteiger partial charge in [-0.15, -0.1) is 0 Å². The van der Waals surface area contributed by atoms with Crippen LogP contribution >= 0.6 is 0 Å². The van der Waals surface area contributed by atoms with Crippen molar-refractivity contribution in [3.63, 3.8) is 0 Å². The smallest absolute Gasteiger partial charge is 0.0717 e. The van der Waals surface area contributed by atoms with Crippen LogP contribution in [0.2, 0.25) is 0 Å². The van der Waals surface area contributed by atoms with Gasteiger partial charge in [-0.1, -0.05) is 24.0 Å². The molecule has 0 unspecified atom stereocenters. The van der Waals surface area contributed by atoms with E-state index in [1.807, 2.05) is 24.3 Å². The Hall–Kier alpha value is -1.38. The summed E-state index contributed by atoms with van der Waals surface area (Å²) in [5, 5.41) is 8.69. The van der Waals surface area contributed by atoms with Crippen LogP contribution in [0.3, 0.4) is 0 Å². The molecule has 0 aromatic heterocycles. The molecule has 4 nitrogen and oxygen atoms in total. The Kier molecular flexibility index (Phi) is 10.4. The number of methoxy groups -OCH3 is 1. The Balaban J connectivity index is 2.17. The normalized spacial score (nSPS) is 10.2. The molecule has 0 fully saturated rings. The van der Waals surface area contributed by atoms with Gasteiger partial charge >= 0.3 is 0 Å². The average Bonchev–Trinajstić information content (AvgIpc) is 2.51. The van der Waals surface area contributed by atoms with Crippen LogP contribution in [0.5, 0.6) is 0 Å². The number of rotatable bonds is 10. The summed E-state index contributed by atoms with van der Waals surface area (Å²) in [4.78, 5) is 0. The number of ether oxygens (including phenoxy) is 3. The fourth-order valence-corrected chi connectivity index (χ4v) is 1.66. The minimum absolute atomic E-state index is 0.0995. The molecule has 0 saturated carbocycles. The molecule has 0 saturated heterocycles. The SMILES string of the molecule is COCCOCCCOCc1cccc(C#CCCO)c1. The first kappa shape index (κ1) is 17.7. The lowest BCUT2D eigenvalue weighted by Crippen LogP contribution is -2.05. The second-order valence-electron chi connectivity index (χ2n) is 4.49. The maximum Gasteiger partial charge on any atom is 0.0717 e. The maximum atomic E-state index is 8.69. The molecule has 0 spiro atoms. The number of benzene rings is 1. The number of hydrogen-bond acceptors (Lipinski definition) is 4. The summed E-state index contributed by atoms with van der Waals surface area (Å²) in [5.41, 5.74) is 2.05. The third-order valence-electron chi connectivity index (χ3n) is 2.67. The molecule has 0 heterocycles. The molecule has 4 heteroatoms. The molecule has 1 aromatic carbocycles. The fourth-order valence-electron chi connectivity index (χ4n) is 1.66. The highest BCUT2D eigenvalue weighted by Gasteiger charge is 1.95. The van der Waals surface area contributed by atoms with Crippen LogP contribution in [0, 0.1) is 11.8 Å². The van der Waals surface area contributed by atoms with Gasteiger partial charge in [-0.3, -0.25) is 0 Å². The van der Waals surface area contributed by atoms with Crippen molar-refractivity contribution in [3.05, 3.63) is 35.4 Å². The topological polar surface area (TPSA) is 47.9 Å². The highest BCUT2D eigenvalue weighted by Crippen LogP contribution is 2.06. The molecular weight excluding hydrogens is 268 g/mol. The Morgan fingerprint density at radius 3 is 2.76 bits per heavy atom. The van der Waals surface area contributed by atoms with Gasteiger partial charge in [0.15, 0.2) is 0 Å². The van der Waals surface area contributed by atoms with Crippen molar-refractivity contribution < 1.29 is 19.3 Å². The van der Waals surface area contributed by atoms with Gasteiger partial charge in [0, 0.05) is 32.3 Å². The van der Waals surface area contributed by atoms with Gasteiger partial charge in [0.1, 0.15) is 0 Å². The van der Waals surface area contributed by atoms with Crippen LogP contribution in [-0.4, -0.2) is 45.3 Å². The molecule has 0 radical (unpaired) electrons. The standard InChI is InChI=1S/C17H24O4/c1-19-12-13-20-10-5-11-21-15-17-8-4-7-16(14-17)6-2-3-9-18/h4,7-8,14,18H,3,5,9-13,15H2,1H3. The van der Waals surface area contributed by atoms with E-state index in [0.717, 1.165) is 17.5 Å². The Morgan fingerprint density at radius 2 is 1.95 bits per heavy atom. The quantitative estimate of drug-likeness (QED) is 0.529. The van der Waals surface area contributed by atoms with E-state index in [0.29, 0.717) is 39.5 Å². The van der Waals surface area contributed by atoms with E-state index in [2.05, 4.69) is 11.8 Å². The third-order valence-corrected chi connectivity index (χ3v) is 2.67. The monoisotopic (exact) mass is 292 g/mol. The third kappa shape index (κ3) is 9.22. The Labute approximate surface area is 127 Å². The molecule has 0 aliphatic rings. The van der Waals surface area contributed by atoms with E-state index in [9.17, 15) is 0 Å². The van der Waals surface area contributed by atoms with E-state index in [-0.39, 0.29) is 6.61 Å². The number of hydrogen-bond donors (Lipinski definition) is 1. The lowest BCUT2D eigenvalue weighted by molar-refractivity contribution is 0.0483. The zero-order valence-corrected chi connectivity index (χ0v) is 12.6. The van der Waals surface area contributed by atoms with E-state index in [4.69, 9.17) is 19.3 Å². The van der Waals surface area contributed by atoms with Gasteiger partial charge in [0.25, 0.3) is 0 Å². The summed E-state index contributed by atoms with van der Waals surface area (Å²) >= 11 is 0. The average molecular weight is 292 g/mol. The van der Waals surface area contributed by atoms with Crippen LogP contribution in [0.25, 0.3) is 0 Å². The van der Waals surface area contributed by atoms with Gasteiger partial charge in [0.05, 0.1) is 26.4 Å². The van der Waals surface area contributed by atoms with Gasteiger partial charge in [-0.2, -0.15) is 0 Å². The van der Waals surface area contributed by atoms with E-state index in [1.165, 1.54) is 0 Å². The minimum Gasteiger partial charge on any atom is -0.395 e. The largest absolute Gasteiger partial charge is 0.395 e. The first-order valence-electron chi connectivity index (χ1n) is 7.20. The predicted octanol–water partition coefficient (Wildman–Crippen LogP) is 1.99. The zero-order chi connectivity index (χ0) is 15.2. The first-order valence-corrected chi connectivity index (χ1v) is 7.20. The molecule has 0 atom stereocenters. The van der Waals surface area contributed by atoms with Crippen molar-refractivity contribution in [3.8, 4) is 11.8 Å². The summed E-state index contributed by atoms with van der Waals surface area (Å²) in [6, 6.07) is 7.96. The van der Waals surface area contributed by atoms with Crippen molar-refractivity contribution in [2.24, 2.45) is 0 Å². The maximum absolute atomic E-state index is 8.69. The second kappa shape index (κ2) is 12.4. The molecule has 21 heavy (non-hydrogen) atoms. The summed E-state index contributed by atoms with van der Waals surface area (Å²) in [6.45, 7) is 3.30. The predicted molar refractivity (Wildman–Crippen MR) is 82.0 cm³/mol. The van der Waals surface area contributed by atoms with Crippen LogP contribution in [0.15, 0.2) is 24.3 Å². The van der Waals surface area contributed by atoms with Crippen LogP contribution in [0.1, 0.15) is 24.0 Å². The van der Waals surface area contributed by atoms with E-state index >= 15 is 0 Å². The zero-order valence-electron chi connectivity index (χ0n) is 12.6. The molecule has 0 amide bonds. The summed E-state index contributed by atoms with van der Waals surface area (Å²) in [5.74, 6) is 5.93. The molecule has 1 rings (SSSR count). The number of aliphatic hydroxyl groups excluding tert-OH is 1.